The van der Waals surface area contributed by atoms with Gasteiger partial charge in [0.15, 0.2) is 9.84 Å². The molecule has 110 valence electrons. The van der Waals surface area contributed by atoms with Crippen molar-refractivity contribution in [2.24, 2.45) is 0 Å². The molecule has 4 nitrogen and oxygen atoms in total. The van der Waals surface area contributed by atoms with E-state index < -0.39 is 9.84 Å². The van der Waals surface area contributed by atoms with Crippen LogP contribution < -0.4 is 5.32 Å². The summed E-state index contributed by atoms with van der Waals surface area (Å²) in [5.41, 5.74) is 0.871. The van der Waals surface area contributed by atoms with Crippen LogP contribution in [0.2, 0.25) is 5.02 Å². The molecule has 20 heavy (non-hydrogen) atoms. The summed E-state index contributed by atoms with van der Waals surface area (Å²) < 4.78 is 22.6. The van der Waals surface area contributed by atoms with Gasteiger partial charge in [-0.25, -0.2) is 8.42 Å². The Kier molecular flexibility index (Phi) is 5.35. The fraction of sp³-hybridized carbons (Fsp3) is 0.462. The Morgan fingerprint density at radius 3 is 2.80 bits per heavy atom. The zero-order valence-electron chi connectivity index (χ0n) is 10.8. The van der Waals surface area contributed by atoms with Crippen LogP contribution in [0.4, 0.5) is 0 Å². The van der Waals surface area contributed by atoms with Crippen LogP contribution in [-0.2, 0) is 21.2 Å². The molecule has 7 heteroatoms. The molecule has 1 saturated heterocycles. The van der Waals surface area contributed by atoms with Crippen molar-refractivity contribution >= 4 is 39.1 Å². The van der Waals surface area contributed by atoms with Crippen LogP contribution in [-0.4, -0.2) is 36.8 Å². The standard InChI is InChI=1S/C13H16ClNO3S2/c14-12-4-2-1-3-10(12)7-15-13(16)8-19-11-5-6-20(17,18)9-11/h1-4,11H,5-9H2,(H,15,16). The number of halogens is 1. The molecule has 0 aromatic heterocycles. The summed E-state index contributed by atoms with van der Waals surface area (Å²) >= 11 is 7.41. The third-order valence-corrected chi connectivity index (χ3v) is 6.72. The normalized spacial score (nSPS) is 20.8. The maximum atomic E-state index is 11.7. The molecule has 1 amide bonds. The van der Waals surface area contributed by atoms with Crippen LogP contribution >= 0.6 is 23.4 Å². The molecule has 0 radical (unpaired) electrons. The van der Waals surface area contributed by atoms with Gasteiger partial charge in [0.1, 0.15) is 0 Å². The topological polar surface area (TPSA) is 63.2 Å². The first-order valence-corrected chi connectivity index (χ1v) is 9.53. The monoisotopic (exact) mass is 333 g/mol. The first kappa shape index (κ1) is 15.7. The maximum absolute atomic E-state index is 11.7. The number of amides is 1. The van der Waals surface area contributed by atoms with E-state index in [0.717, 1.165) is 5.56 Å². The molecule has 1 heterocycles. The van der Waals surface area contributed by atoms with Gasteiger partial charge in [-0.05, 0) is 18.1 Å². The number of sulfone groups is 1. The summed E-state index contributed by atoms with van der Waals surface area (Å²) in [6, 6.07) is 7.34. The number of hydrogen-bond acceptors (Lipinski definition) is 4. The Labute approximate surface area is 128 Å². The van der Waals surface area contributed by atoms with E-state index in [1.807, 2.05) is 18.2 Å². The zero-order valence-corrected chi connectivity index (χ0v) is 13.2. The smallest absolute Gasteiger partial charge is 0.230 e. The summed E-state index contributed by atoms with van der Waals surface area (Å²) in [6.45, 7) is 0.391. The van der Waals surface area contributed by atoms with Crippen LogP contribution in [0.25, 0.3) is 0 Å². The average molecular weight is 334 g/mol. The van der Waals surface area contributed by atoms with Crippen molar-refractivity contribution in [3.63, 3.8) is 0 Å². The number of benzene rings is 1. The predicted octanol–water partition coefficient (Wildman–Crippen LogP) is 1.88. The Morgan fingerprint density at radius 2 is 2.15 bits per heavy atom. The van der Waals surface area contributed by atoms with Gasteiger partial charge < -0.3 is 5.32 Å². The second kappa shape index (κ2) is 6.83. The van der Waals surface area contributed by atoms with Gasteiger partial charge in [-0.2, -0.15) is 0 Å². The van der Waals surface area contributed by atoms with Gasteiger partial charge in [0.05, 0.1) is 17.3 Å². The van der Waals surface area contributed by atoms with Crippen molar-refractivity contribution in [2.45, 2.75) is 18.2 Å². The van der Waals surface area contributed by atoms with Gasteiger partial charge in [0.25, 0.3) is 0 Å². The minimum atomic E-state index is -2.87. The maximum Gasteiger partial charge on any atom is 0.230 e. The highest BCUT2D eigenvalue weighted by molar-refractivity contribution is 8.02. The lowest BCUT2D eigenvalue weighted by Crippen LogP contribution is -2.25. The summed E-state index contributed by atoms with van der Waals surface area (Å²) in [5, 5.41) is 3.47. The molecule has 1 aliphatic rings. The highest BCUT2D eigenvalue weighted by Crippen LogP contribution is 2.24. The molecule has 1 aromatic carbocycles. The molecule has 0 bridgehead atoms. The first-order chi connectivity index (χ1) is 9.46. The number of carbonyl (C=O) groups is 1. The van der Waals surface area contributed by atoms with Crippen molar-refractivity contribution < 1.29 is 13.2 Å². The van der Waals surface area contributed by atoms with E-state index in [1.54, 1.807) is 6.07 Å². The minimum Gasteiger partial charge on any atom is -0.351 e. The van der Waals surface area contributed by atoms with E-state index in [9.17, 15) is 13.2 Å². The Balaban J connectivity index is 1.73. The van der Waals surface area contributed by atoms with E-state index in [-0.39, 0.29) is 28.4 Å². The molecule has 0 aliphatic carbocycles. The zero-order chi connectivity index (χ0) is 14.6. The van der Waals surface area contributed by atoms with Crippen molar-refractivity contribution in [3.8, 4) is 0 Å². The third-order valence-electron chi connectivity index (χ3n) is 3.07. The van der Waals surface area contributed by atoms with Crippen molar-refractivity contribution in [1.82, 2.24) is 5.32 Å². The van der Waals surface area contributed by atoms with Crippen LogP contribution in [0.5, 0.6) is 0 Å². The molecule has 1 aliphatic heterocycles. The van der Waals surface area contributed by atoms with Crippen molar-refractivity contribution in [1.29, 1.82) is 0 Å². The van der Waals surface area contributed by atoms with E-state index in [0.29, 0.717) is 18.0 Å². The second-order valence-corrected chi connectivity index (χ2v) is 8.63. The van der Waals surface area contributed by atoms with Gasteiger partial charge in [0, 0.05) is 16.8 Å². The summed E-state index contributed by atoms with van der Waals surface area (Å²) in [7, 11) is -2.87. The summed E-state index contributed by atoms with van der Waals surface area (Å²) in [5.74, 6) is 0.616. The second-order valence-electron chi connectivity index (χ2n) is 4.70. The SMILES string of the molecule is O=C(CSC1CCS(=O)(=O)C1)NCc1ccccc1Cl. The number of hydrogen-bond donors (Lipinski definition) is 1. The van der Waals surface area contributed by atoms with E-state index >= 15 is 0 Å². The predicted molar refractivity (Wildman–Crippen MR) is 82.8 cm³/mol. The van der Waals surface area contributed by atoms with Crippen molar-refractivity contribution in [2.75, 3.05) is 17.3 Å². The highest BCUT2D eigenvalue weighted by atomic mass is 35.5. The molecule has 1 fully saturated rings. The van der Waals surface area contributed by atoms with Crippen LogP contribution in [0.15, 0.2) is 24.3 Å². The Hall–Kier alpha value is -0.720. The average Bonchev–Trinajstić information content (AvgIpc) is 2.75. The Bertz CT molecular complexity index is 589. The third kappa shape index (κ3) is 4.68. The summed E-state index contributed by atoms with van der Waals surface area (Å²) in [4.78, 5) is 11.7. The number of nitrogens with one attached hydrogen (secondary N) is 1. The fourth-order valence-corrected chi connectivity index (χ4v) is 5.65. The highest BCUT2D eigenvalue weighted by Gasteiger charge is 2.28. The molecule has 1 aromatic rings. The van der Waals surface area contributed by atoms with Gasteiger partial charge in [-0.15, -0.1) is 11.8 Å². The van der Waals surface area contributed by atoms with Crippen LogP contribution in [0.3, 0.4) is 0 Å². The van der Waals surface area contributed by atoms with Gasteiger partial charge in [-0.3, -0.25) is 4.79 Å². The minimum absolute atomic E-state index is 0.0473. The van der Waals surface area contributed by atoms with Gasteiger partial charge in [-0.1, -0.05) is 29.8 Å². The first-order valence-electron chi connectivity index (χ1n) is 6.28. The van der Waals surface area contributed by atoms with Crippen LogP contribution in [0, 0.1) is 0 Å². The molecule has 0 saturated carbocycles. The molecular formula is C13H16ClNO3S2. The lowest BCUT2D eigenvalue weighted by atomic mass is 10.2. The Morgan fingerprint density at radius 1 is 1.40 bits per heavy atom. The molecule has 1 N–H and O–H groups in total. The van der Waals surface area contributed by atoms with Crippen molar-refractivity contribution in [3.05, 3.63) is 34.9 Å². The van der Waals surface area contributed by atoms with Gasteiger partial charge >= 0.3 is 0 Å². The lowest BCUT2D eigenvalue weighted by Gasteiger charge is -2.09. The number of carbonyl (C=O) groups excluding carboxylic acids is 1. The number of thioether (sulfide) groups is 1. The number of rotatable bonds is 5. The van der Waals surface area contributed by atoms with E-state index in [2.05, 4.69) is 5.32 Å². The molecule has 1 unspecified atom stereocenters. The molecule has 1 atom stereocenters. The lowest BCUT2D eigenvalue weighted by molar-refractivity contribution is -0.118. The summed E-state index contributed by atoms with van der Waals surface area (Å²) in [6.07, 6.45) is 0.644. The molecular weight excluding hydrogens is 318 g/mol. The van der Waals surface area contributed by atoms with E-state index in [4.69, 9.17) is 11.6 Å². The fourth-order valence-electron chi connectivity index (χ4n) is 1.97. The van der Waals surface area contributed by atoms with Gasteiger partial charge in [0.2, 0.25) is 5.91 Å². The van der Waals surface area contributed by atoms with E-state index in [1.165, 1.54) is 11.8 Å². The largest absolute Gasteiger partial charge is 0.351 e. The van der Waals surface area contributed by atoms with Crippen LogP contribution in [0.1, 0.15) is 12.0 Å². The molecule has 0 spiro atoms. The molecule has 2 rings (SSSR count). The quantitative estimate of drug-likeness (QED) is 0.893.